The molecule has 3 rings (SSSR count). The molecule has 1 aliphatic rings. The minimum absolute atomic E-state index is 0.0171. The molecule has 0 saturated carbocycles. The van der Waals surface area contributed by atoms with Gasteiger partial charge in [-0.3, -0.25) is 0 Å². The fourth-order valence-corrected chi connectivity index (χ4v) is 4.11. The number of nitrogens with zero attached hydrogens (tertiary/aromatic N) is 5. The highest BCUT2D eigenvalue weighted by atomic mass is 32.2. The highest BCUT2D eigenvalue weighted by Crippen LogP contribution is 2.28. The number of hydrogen-bond acceptors (Lipinski definition) is 5. The van der Waals surface area contributed by atoms with Gasteiger partial charge in [0.2, 0.25) is 10.0 Å². The van der Waals surface area contributed by atoms with E-state index >= 15 is 0 Å². The Kier molecular flexibility index (Phi) is 3.45. The standard InChI is InChI=1S/C13H13N5O2S/c14-9-11-3-1-2-4-13(11)21(19,20)17-7-5-12(10-17)18-8-6-15-16-18/h1-4,6,8,12H,5,7,10H2/t12-/m0/s1. The molecule has 108 valence electrons. The zero-order chi connectivity index (χ0) is 14.9. The molecule has 7 nitrogen and oxygen atoms in total. The van der Waals surface area contributed by atoms with Crippen molar-refractivity contribution in [2.24, 2.45) is 0 Å². The van der Waals surface area contributed by atoms with Gasteiger partial charge in [0.15, 0.2) is 0 Å². The molecular formula is C13H13N5O2S. The summed E-state index contributed by atoms with van der Waals surface area (Å²) < 4.78 is 28.4. The Hall–Kier alpha value is -2.24. The van der Waals surface area contributed by atoms with Crippen molar-refractivity contribution in [1.29, 1.82) is 5.26 Å². The Morgan fingerprint density at radius 2 is 2.14 bits per heavy atom. The summed E-state index contributed by atoms with van der Waals surface area (Å²) in [5, 5.41) is 16.7. The van der Waals surface area contributed by atoms with Crippen LogP contribution in [0.1, 0.15) is 18.0 Å². The Morgan fingerprint density at radius 1 is 1.33 bits per heavy atom. The van der Waals surface area contributed by atoms with Crippen LogP contribution >= 0.6 is 0 Å². The molecule has 0 spiro atoms. The number of aromatic nitrogens is 3. The van der Waals surface area contributed by atoms with Gasteiger partial charge in [-0.05, 0) is 18.6 Å². The largest absolute Gasteiger partial charge is 0.248 e. The molecule has 0 bridgehead atoms. The number of nitriles is 1. The number of benzene rings is 1. The first-order valence-corrected chi connectivity index (χ1v) is 7.92. The van der Waals surface area contributed by atoms with Crippen LogP contribution in [-0.4, -0.2) is 40.8 Å². The van der Waals surface area contributed by atoms with E-state index in [4.69, 9.17) is 5.26 Å². The van der Waals surface area contributed by atoms with Crippen molar-refractivity contribution in [3.8, 4) is 6.07 Å². The maximum atomic E-state index is 12.7. The zero-order valence-electron chi connectivity index (χ0n) is 11.1. The normalized spacial score (nSPS) is 19.5. The van der Waals surface area contributed by atoms with Gasteiger partial charge in [-0.15, -0.1) is 5.10 Å². The molecular weight excluding hydrogens is 290 g/mol. The fourth-order valence-electron chi connectivity index (χ4n) is 2.48. The van der Waals surface area contributed by atoms with E-state index in [-0.39, 0.29) is 16.5 Å². The molecule has 1 atom stereocenters. The summed E-state index contributed by atoms with van der Waals surface area (Å²) in [7, 11) is -3.66. The molecule has 1 aliphatic heterocycles. The molecule has 1 aromatic carbocycles. The molecule has 0 unspecified atom stereocenters. The summed E-state index contributed by atoms with van der Waals surface area (Å²) >= 11 is 0. The van der Waals surface area contributed by atoms with E-state index in [0.29, 0.717) is 19.5 Å². The van der Waals surface area contributed by atoms with Crippen LogP contribution in [0.3, 0.4) is 0 Å². The van der Waals surface area contributed by atoms with Crippen LogP contribution in [0.2, 0.25) is 0 Å². The van der Waals surface area contributed by atoms with Gasteiger partial charge in [-0.1, -0.05) is 17.3 Å². The molecule has 1 fully saturated rings. The van der Waals surface area contributed by atoms with Crippen molar-refractivity contribution in [1.82, 2.24) is 19.3 Å². The van der Waals surface area contributed by atoms with Crippen LogP contribution in [-0.2, 0) is 10.0 Å². The van der Waals surface area contributed by atoms with Gasteiger partial charge >= 0.3 is 0 Å². The third-order valence-corrected chi connectivity index (χ3v) is 5.49. The molecule has 0 amide bonds. The lowest BCUT2D eigenvalue weighted by Crippen LogP contribution is -2.30. The Balaban J connectivity index is 1.89. The SMILES string of the molecule is N#Cc1ccccc1S(=O)(=O)N1CC[C@H](n2ccnn2)C1. The van der Waals surface area contributed by atoms with Gasteiger partial charge in [0.1, 0.15) is 6.07 Å². The lowest BCUT2D eigenvalue weighted by atomic mass is 10.2. The van der Waals surface area contributed by atoms with Crippen molar-refractivity contribution >= 4 is 10.0 Å². The summed E-state index contributed by atoms with van der Waals surface area (Å²) in [5.74, 6) is 0. The average Bonchev–Trinajstić information content (AvgIpc) is 3.17. The maximum Gasteiger partial charge on any atom is 0.244 e. The van der Waals surface area contributed by atoms with Crippen LogP contribution < -0.4 is 0 Å². The first-order valence-electron chi connectivity index (χ1n) is 6.48. The van der Waals surface area contributed by atoms with E-state index in [1.807, 2.05) is 6.07 Å². The van der Waals surface area contributed by atoms with E-state index in [1.165, 1.54) is 16.4 Å². The van der Waals surface area contributed by atoms with E-state index in [9.17, 15) is 8.42 Å². The average molecular weight is 303 g/mol. The number of hydrogen-bond donors (Lipinski definition) is 0. The Morgan fingerprint density at radius 3 is 2.86 bits per heavy atom. The highest BCUT2D eigenvalue weighted by molar-refractivity contribution is 7.89. The van der Waals surface area contributed by atoms with Gasteiger partial charge in [-0.2, -0.15) is 9.57 Å². The first kappa shape index (κ1) is 13.7. The second kappa shape index (κ2) is 5.27. The second-order valence-corrected chi connectivity index (χ2v) is 6.70. The molecule has 0 N–H and O–H groups in total. The summed E-state index contributed by atoms with van der Waals surface area (Å²) in [6.45, 7) is 0.748. The second-order valence-electron chi connectivity index (χ2n) is 4.80. The molecule has 2 aromatic rings. The van der Waals surface area contributed by atoms with Crippen molar-refractivity contribution < 1.29 is 8.42 Å². The lowest BCUT2D eigenvalue weighted by molar-refractivity contribution is 0.428. The topological polar surface area (TPSA) is 91.9 Å². The maximum absolute atomic E-state index is 12.7. The van der Waals surface area contributed by atoms with Gasteiger partial charge < -0.3 is 0 Å². The Bertz CT molecular complexity index is 779. The van der Waals surface area contributed by atoms with Gasteiger partial charge in [-0.25, -0.2) is 13.1 Å². The quantitative estimate of drug-likeness (QED) is 0.835. The molecule has 1 saturated heterocycles. The fraction of sp³-hybridized carbons (Fsp3) is 0.308. The Labute approximate surface area is 122 Å². The van der Waals surface area contributed by atoms with Crippen LogP contribution in [0.4, 0.5) is 0 Å². The van der Waals surface area contributed by atoms with E-state index in [0.717, 1.165) is 0 Å². The first-order chi connectivity index (χ1) is 10.1. The van der Waals surface area contributed by atoms with E-state index in [2.05, 4.69) is 10.3 Å². The van der Waals surface area contributed by atoms with Crippen LogP contribution in [0.15, 0.2) is 41.6 Å². The van der Waals surface area contributed by atoms with Crippen LogP contribution in [0, 0.1) is 11.3 Å². The number of sulfonamides is 1. The summed E-state index contributed by atoms with van der Waals surface area (Å²) in [4.78, 5) is 0.0618. The van der Waals surface area contributed by atoms with E-state index < -0.39 is 10.0 Å². The predicted octanol–water partition coefficient (Wildman–Crippen LogP) is 0.785. The highest BCUT2D eigenvalue weighted by Gasteiger charge is 2.34. The molecule has 21 heavy (non-hydrogen) atoms. The monoisotopic (exact) mass is 303 g/mol. The zero-order valence-corrected chi connectivity index (χ0v) is 11.9. The van der Waals surface area contributed by atoms with E-state index in [1.54, 1.807) is 29.2 Å². The molecule has 8 heteroatoms. The van der Waals surface area contributed by atoms with Gasteiger partial charge in [0, 0.05) is 19.3 Å². The van der Waals surface area contributed by atoms with Crippen LogP contribution in [0.5, 0.6) is 0 Å². The predicted molar refractivity (Wildman–Crippen MR) is 73.6 cm³/mol. The van der Waals surface area contributed by atoms with Crippen LogP contribution in [0.25, 0.3) is 0 Å². The lowest BCUT2D eigenvalue weighted by Gasteiger charge is -2.17. The summed E-state index contributed by atoms with van der Waals surface area (Å²) in [6.07, 6.45) is 3.98. The van der Waals surface area contributed by atoms with Gasteiger partial charge in [0.05, 0.1) is 22.7 Å². The van der Waals surface area contributed by atoms with Crippen molar-refractivity contribution in [3.63, 3.8) is 0 Å². The molecule has 2 heterocycles. The third-order valence-electron chi connectivity index (χ3n) is 3.57. The minimum atomic E-state index is -3.66. The van der Waals surface area contributed by atoms with Gasteiger partial charge in [0.25, 0.3) is 0 Å². The van der Waals surface area contributed by atoms with Crippen molar-refractivity contribution in [2.45, 2.75) is 17.4 Å². The molecule has 0 aliphatic carbocycles. The summed E-state index contributed by atoms with van der Waals surface area (Å²) in [5.41, 5.74) is 0.168. The minimum Gasteiger partial charge on any atom is -0.248 e. The smallest absolute Gasteiger partial charge is 0.244 e. The third kappa shape index (κ3) is 2.41. The van der Waals surface area contributed by atoms with Crippen molar-refractivity contribution in [3.05, 3.63) is 42.2 Å². The molecule has 0 radical (unpaired) electrons. The number of rotatable bonds is 3. The summed E-state index contributed by atoms with van der Waals surface area (Å²) in [6, 6.07) is 8.17. The molecule has 1 aromatic heterocycles. The van der Waals surface area contributed by atoms with Crippen molar-refractivity contribution in [2.75, 3.05) is 13.1 Å².